The van der Waals surface area contributed by atoms with E-state index >= 15 is 0 Å². The smallest absolute Gasteiger partial charge is 0.0581 e. The molecule has 1 saturated carbocycles. The first-order valence-corrected chi connectivity index (χ1v) is 6.18. The first-order chi connectivity index (χ1) is 7.33. The Bertz CT molecular complexity index is 216. The van der Waals surface area contributed by atoms with Gasteiger partial charge in [-0.2, -0.15) is 0 Å². The van der Waals surface area contributed by atoms with Gasteiger partial charge in [0.1, 0.15) is 0 Å². The maximum atomic E-state index is 5.93. The number of nitrogens with two attached hydrogens (primary N) is 1. The lowest BCUT2D eigenvalue weighted by Crippen LogP contribution is -2.51. The molecule has 1 fully saturated rings. The molecular formula is C13H24N2. The second kappa shape index (κ2) is 6.87. The van der Waals surface area contributed by atoms with E-state index in [4.69, 9.17) is 5.73 Å². The molecular weight excluding hydrogens is 184 g/mol. The van der Waals surface area contributed by atoms with Crippen LogP contribution in [0.3, 0.4) is 0 Å². The summed E-state index contributed by atoms with van der Waals surface area (Å²) in [6, 6.07) is 0. The maximum Gasteiger partial charge on any atom is 0.0581 e. The van der Waals surface area contributed by atoms with Crippen LogP contribution in [0.5, 0.6) is 0 Å². The Kier molecular flexibility index (Phi) is 5.75. The molecule has 3 N–H and O–H groups in total. The summed E-state index contributed by atoms with van der Waals surface area (Å²) < 4.78 is 0. The predicted molar refractivity (Wildman–Crippen MR) is 65.6 cm³/mol. The normalized spacial score (nSPS) is 20.9. The number of rotatable bonds is 3. The van der Waals surface area contributed by atoms with Gasteiger partial charge in [0.15, 0.2) is 0 Å². The van der Waals surface area contributed by atoms with E-state index in [0.29, 0.717) is 0 Å². The van der Waals surface area contributed by atoms with E-state index in [0.717, 1.165) is 13.1 Å². The Labute approximate surface area is 94.0 Å². The van der Waals surface area contributed by atoms with Crippen molar-refractivity contribution >= 4 is 0 Å². The fourth-order valence-corrected chi connectivity index (χ4v) is 2.36. The molecule has 86 valence electrons. The molecule has 0 heterocycles. The number of hydrogen-bond acceptors (Lipinski definition) is 2. The summed E-state index contributed by atoms with van der Waals surface area (Å²) >= 11 is 0. The van der Waals surface area contributed by atoms with E-state index in [2.05, 4.69) is 17.2 Å². The van der Waals surface area contributed by atoms with Crippen LogP contribution in [-0.4, -0.2) is 18.6 Å². The minimum Gasteiger partial charge on any atom is -0.329 e. The largest absolute Gasteiger partial charge is 0.329 e. The average molecular weight is 208 g/mol. The summed E-state index contributed by atoms with van der Waals surface area (Å²) in [5.74, 6) is 6.00. The van der Waals surface area contributed by atoms with Crippen molar-refractivity contribution < 1.29 is 0 Å². The van der Waals surface area contributed by atoms with Crippen molar-refractivity contribution in [1.29, 1.82) is 0 Å². The van der Waals surface area contributed by atoms with Crippen LogP contribution in [0.25, 0.3) is 0 Å². The lowest BCUT2D eigenvalue weighted by molar-refractivity contribution is 0.266. The molecule has 2 heteroatoms. The molecule has 1 aliphatic rings. The van der Waals surface area contributed by atoms with Crippen molar-refractivity contribution in [2.24, 2.45) is 5.73 Å². The highest BCUT2D eigenvalue weighted by molar-refractivity contribution is 5.01. The van der Waals surface area contributed by atoms with Crippen LogP contribution in [0.4, 0.5) is 0 Å². The van der Waals surface area contributed by atoms with Gasteiger partial charge in [-0.05, 0) is 19.8 Å². The van der Waals surface area contributed by atoms with Crippen LogP contribution in [0.15, 0.2) is 0 Å². The van der Waals surface area contributed by atoms with Gasteiger partial charge in [-0.1, -0.05) is 38.0 Å². The van der Waals surface area contributed by atoms with Crippen LogP contribution in [0.2, 0.25) is 0 Å². The third-order valence-corrected chi connectivity index (χ3v) is 3.43. The van der Waals surface area contributed by atoms with Gasteiger partial charge in [0, 0.05) is 12.1 Å². The molecule has 0 unspecified atom stereocenters. The fraction of sp³-hybridized carbons (Fsp3) is 0.846. The van der Waals surface area contributed by atoms with Crippen LogP contribution in [-0.2, 0) is 0 Å². The molecule has 0 spiro atoms. The van der Waals surface area contributed by atoms with Gasteiger partial charge >= 0.3 is 0 Å². The molecule has 15 heavy (non-hydrogen) atoms. The molecule has 0 radical (unpaired) electrons. The average Bonchev–Trinajstić information content (AvgIpc) is 2.22. The number of hydrogen-bond donors (Lipinski definition) is 2. The summed E-state index contributed by atoms with van der Waals surface area (Å²) in [4.78, 5) is 0. The van der Waals surface area contributed by atoms with Crippen molar-refractivity contribution in [2.45, 2.75) is 57.4 Å². The predicted octanol–water partition coefficient (Wildman–Crippen LogP) is 2.04. The SMILES string of the molecule is CC#CCNC1(CN)CCCCCCC1. The van der Waals surface area contributed by atoms with Crippen molar-refractivity contribution in [3.8, 4) is 11.8 Å². The third-order valence-electron chi connectivity index (χ3n) is 3.43. The monoisotopic (exact) mass is 208 g/mol. The van der Waals surface area contributed by atoms with Gasteiger partial charge in [-0.3, -0.25) is 5.32 Å². The summed E-state index contributed by atoms with van der Waals surface area (Å²) in [6.07, 6.45) is 9.18. The zero-order valence-electron chi connectivity index (χ0n) is 9.94. The molecule has 0 aromatic heterocycles. The molecule has 1 aliphatic carbocycles. The molecule has 0 saturated heterocycles. The van der Waals surface area contributed by atoms with Gasteiger partial charge in [0.2, 0.25) is 0 Å². The van der Waals surface area contributed by atoms with Gasteiger partial charge in [-0.25, -0.2) is 0 Å². The van der Waals surface area contributed by atoms with E-state index in [9.17, 15) is 0 Å². The molecule has 0 bridgehead atoms. The lowest BCUT2D eigenvalue weighted by Gasteiger charge is -2.35. The van der Waals surface area contributed by atoms with Gasteiger partial charge in [-0.15, -0.1) is 5.92 Å². The standard InChI is InChI=1S/C13H24N2/c1-2-3-11-15-13(12-14)9-7-5-4-6-8-10-13/h15H,4-12,14H2,1H3. The third kappa shape index (κ3) is 4.24. The van der Waals surface area contributed by atoms with E-state index < -0.39 is 0 Å². The van der Waals surface area contributed by atoms with Crippen LogP contribution in [0.1, 0.15) is 51.9 Å². The first kappa shape index (κ1) is 12.5. The van der Waals surface area contributed by atoms with E-state index in [1.165, 1.54) is 44.9 Å². The maximum absolute atomic E-state index is 5.93. The lowest BCUT2D eigenvalue weighted by atomic mass is 9.84. The molecule has 1 rings (SSSR count). The molecule has 2 nitrogen and oxygen atoms in total. The second-order valence-electron chi connectivity index (χ2n) is 4.53. The first-order valence-electron chi connectivity index (χ1n) is 6.18. The summed E-state index contributed by atoms with van der Waals surface area (Å²) in [6.45, 7) is 3.42. The molecule has 0 aromatic carbocycles. The van der Waals surface area contributed by atoms with Crippen LogP contribution >= 0.6 is 0 Å². The van der Waals surface area contributed by atoms with Crippen molar-refractivity contribution in [2.75, 3.05) is 13.1 Å². The minimum atomic E-state index is 0.171. The van der Waals surface area contributed by atoms with Crippen molar-refractivity contribution in [3.63, 3.8) is 0 Å². The van der Waals surface area contributed by atoms with Gasteiger partial charge in [0.25, 0.3) is 0 Å². The zero-order valence-corrected chi connectivity index (χ0v) is 9.94. The Morgan fingerprint density at radius 3 is 2.27 bits per heavy atom. The van der Waals surface area contributed by atoms with Crippen LogP contribution < -0.4 is 11.1 Å². The summed E-state index contributed by atoms with van der Waals surface area (Å²) in [7, 11) is 0. The zero-order chi connectivity index (χ0) is 11.0. The highest BCUT2D eigenvalue weighted by Crippen LogP contribution is 2.25. The van der Waals surface area contributed by atoms with Gasteiger partial charge < -0.3 is 5.73 Å². The van der Waals surface area contributed by atoms with Crippen molar-refractivity contribution in [3.05, 3.63) is 0 Å². The topological polar surface area (TPSA) is 38.0 Å². The van der Waals surface area contributed by atoms with E-state index in [1.54, 1.807) is 0 Å². The van der Waals surface area contributed by atoms with Crippen LogP contribution in [0, 0.1) is 11.8 Å². The Balaban J connectivity index is 2.48. The van der Waals surface area contributed by atoms with Gasteiger partial charge in [0.05, 0.1) is 6.54 Å². The van der Waals surface area contributed by atoms with E-state index in [1.807, 2.05) is 6.92 Å². The quantitative estimate of drug-likeness (QED) is 0.697. The molecule has 0 aliphatic heterocycles. The summed E-state index contributed by atoms with van der Waals surface area (Å²) in [5, 5.41) is 3.55. The Morgan fingerprint density at radius 1 is 1.13 bits per heavy atom. The molecule has 0 amide bonds. The molecule has 0 atom stereocenters. The second-order valence-corrected chi connectivity index (χ2v) is 4.53. The molecule has 0 aromatic rings. The Morgan fingerprint density at radius 2 is 1.73 bits per heavy atom. The van der Waals surface area contributed by atoms with E-state index in [-0.39, 0.29) is 5.54 Å². The Hall–Kier alpha value is -0.520. The fourth-order valence-electron chi connectivity index (χ4n) is 2.36. The minimum absolute atomic E-state index is 0.171. The summed E-state index contributed by atoms with van der Waals surface area (Å²) in [5.41, 5.74) is 6.10. The highest BCUT2D eigenvalue weighted by Gasteiger charge is 2.27. The highest BCUT2D eigenvalue weighted by atomic mass is 15.0. The van der Waals surface area contributed by atoms with Crippen molar-refractivity contribution in [1.82, 2.24) is 5.32 Å². The number of nitrogens with one attached hydrogen (secondary N) is 1.